The van der Waals surface area contributed by atoms with Gasteiger partial charge in [0, 0.05) is 11.3 Å². The van der Waals surface area contributed by atoms with Gasteiger partial charge in [0.1, 0.15) is 6.23 Å². The number of imidazole rings is 1. The normalized spacial score (nSPS) is 24.4. The Kier molecular flexibility index (Phi) is 3.67. The topological polar surface area (TPSA) is 157 Å². The highest BCUT2D eigenvalue weighted by atomic mass is 16.5. The monoisotopic (exact) mass is 306 g/mol. The number of hydrogen-bond donors (Lipinski definition) is 2. The molecule has 22 heavy (non-hydrogen) atoms. The molecule has 11 heteroatoms. The van der Waals surface area contributed by atoms with Crippen LogP contribution in [0.4, 0.5) is 5.82 Å². The van der Waals surface area contributed by atoms with Crippen molar-refractivity contribution in [2.75, 3.05) is 19.5 Å². The fraction of sp³-hybridized carbons (Fsp3) is 0.545. The zero-order chi connectivity index (χ0) is 15.7. The molecule has 0 aliphatic carbocycles. The summed E-state index contributed by atoms with van der Waals surface area (Å²) in [6, 6.07) is -0.339. The molecule has 0 bridgehead atoms. The van der Waals surface area contributed by atoms with Crippen molar-refractivity contribution in [1.29, 1.82) is 0 Å². The predicted molar refractivity (Wildman–Crippen MR) is 74.8 cm³/mol. The molecular formula is C11H14N8O3. The van der Waals surface area contributed by atoms with Crippen molar-refractivity contribution >= 4 is 17.0 Å². The van der Waals surface area contributed by atoms with E-state index in [1.54, 1.807) is 4.57 Å². The molecule has 3 atom stereocenters. The van der Waals surface area contributed by atoms with Crippen molar-refractivity contribution in [3.63, 3.8) is 0 Å². The summed E-state index contributed by atoms with van der Waals surface area (Å²) in [5.74, 6) is 0.198. The smallest absolute Gasteiger partial charge is 0.320 e. The third kappa shape index (κ3) is 2.26. The van der Waals surface area contributed by atoms with E-state index in [0.29, 0.717) is 17.6 Å². The van der Waals surface area contributed by atoms with Gasteiger partial charge in [0.05, 0.1) is 32.2 Å². The molecule has 1 aliphatic rings. The lowest BCUT2D eigenvalue weighted by molar-refractivity contribution is -0.0233. The average molecular weight is 306 g/mol. The Balaban J connectivity index is 2.00. The van der Waals surface area contributed by atoms with Crippen LogP contribution in [0.5, 0.6) is 6.01 Å². The molecular weight excluding hydrogens is 292 g/mol. The number of nitrogen functional groups attached to an aromatic ring is 1. The first-order chi connectivity index (χ1) is 10.7. The highest BCUT2D eigenvalue weighted by Crippen LogP contribution is 2.33. The summed E-state index contributed by atoms with van der Waals surface area (Å²) in [6.45, 7) is -0.243. The van der Waals surface area contributed by atoms with Gasteiger partial charge < -0.3 is 20.3 Å². The zero-order valence-corrected chi connectivity index (χ0v) is 11.7. The summed E-state index contributed by atoms with van der Waals surface area (Å²) < 4.78 is 12.4. The lowest BCUT2D eigenvalue weighted by atomic mass is 10.1. The Labute approximate surface area is 124 Å². The van der Waals surface area contributed by atoms with Crippen molar-refractivity contribution in [2.45, 2.75) is 24.8 Å². The first kappa shape index (κ1) is 14.3. The van der Waals surface area contributed by atoms with Crippen LogP contribution in [0, 0.1) is 0 Å². The van der Waals surface area contributed by atoms with Crippen molar-refractivity contribution in [3.05, 3.63) is 16.8 Å². The van der Waals surface area contributed by atoms with Crippen molar-refractivity contribution in [3.8, 4) is 6.01 Å². The van der Waals surface area contributed by atoms with Crippen LogP contribution >= 0.6 is 0 Å². The number of azide groups is 1. The minimum absolute atomic E-state index is 0.120. The molecule has 0 radical (unpaired) electrons. The number of fused-ring (bicyclic) bond motifs is 1. The first-order valence-electron chi connectivity index (χ1n) is 6.52. The molecule has 11 nitrogen and oxygen atoms in total. The Hall–Kier alpha value is -2.62. The van der Waals surface area contributed by atoms with Crippen LogP contribution in [0.3, 0.4) is 0 Å². The van der Waals surface area contributed by atoms with E-state index in [2.05, 4.69) is 25.0 Å². The molecule has 1 saturated heterocycles. The highest BCUT2D eigenvalue weighted by molar-refractivity contribution is 5.81. The minimum Gasteiger partial charge on any atom is -0.467 e. The van der Waals surface area contributed by atoms with Crippen LogP contribution in [0.25, 0.3) is 21.6 Å². The van der Waals surface area contributed by atoms with E-state index in [1.807, 2.05) is 0 Å². The van der Waals surface area contributed by atoms with Gasteiger partial charge in [-0.05, 0) is 5.53 Å². The summed E-state index contributed by atoms with van der Waals surface area (Å²) in [5, 5.41) is 13.0. The fourth-order valence-corrected chi connectivity index (χ4v) is 2.46. The number of aromatic nitrogens is 4. The van der Waals surface area contributed by atoms with Gasteiger partial charge in [0.2, 0.25) is 0 Å². The lowest BCUT2D eigenvalue weighted by Crippen LogP contribution is -2.22. The Morgan fingerprint density at radius 3 is 3.14 bits per heavy atom. The number of aliphatic hydroxyl groups excluding tert-OH is 1. The Morgan fingerprint density at radius 1 is 1.64 bits per heavy atom. The van der Waals surface area contributed by atoms with Gasteiger partial charge in [0.15, 0.2) is 17.0 Å². The van der Waals surface area contributed by atoms with E-state index in [0.717, 1.165) is 0 Å². The number of methoxy groups -OCH3 is 1. The third-order valence-electron chi connectivity index (χ3n) is 3.50. The number of rotatable bonds is 4. The molecule has 1 aliphatic heterocycles. The van der Waals surface area contributed by atoms with Gasteiger partial charge in [-0.1, -0.05) is 5.11 Å². The van der Waals surface area contributed by atoms with Gasteiger partial charge in [-0.25, -0.2) is 4.98 Å². The van der Waals surface area contributed by atoms with Crippen LogP contribution in [0.1, 0.15) is 12.6 Å². The van der Waals surface area contributed by atoms with E-state index < -0.39 is 18.4 Å². The largest absolute Gasteiger partial charge is 0.467 e. The molecule has 0 spiro atoms. The standard InChI is InChI=1S/C11H14N8O3/c1-21-11-15-9(12)8-10(16-11)19(4-14-8)7-2-5(17-18-13)6(3-20)22-7/h4-7,20H,2-3H2,1H3,(H2,12,15,16)/t5?,6-,7-/m1/s1. The number of ether oxygens (including phenoxy) is 2. The van der Waals surface area contributed by atoms with Crippen LogP contribution in [0.2, 0.25) is 0 Å². The molecule has 0 saturated carbocycles. The zero-order valence-electron chi connectivity index (χ0n) is 11.7. The Morgan fingerprint density at radius 2 is 2.45 bits per heavy atom. The van der Waals surface area contributed by atoms with E-state index in [1.165, 1.54) is 13.4 Å². The lowest BCUT2D eigenvalue weighted by Gasteiger charge is -2.14. The van der Waals surface area contributed by atoms with Crippen molar-refractivity contribution in [2.24, 2.45) is 5.11 Å². The third-order valence-corrected chi connectivity index (χ3v) is 3.50. The molecule has 2 aromatic heterocycles. The minimum atomic E-state index is -0.570. The van der Waals surface area contributed by atoms with E-state index in [9.17, 15) is 5.11 Å². The summed E-state index contributed by atoms with van der Waals surface area (Å²) in [7, 11) is 1.44. The highest BCUT2D eigenvalue weighted by Gasteiger charge is 2.36. The number of nitrogens with zero attached hydrogens (tertiary/aromatic N) is 7. The van der Waals surface area contributed by atoms with Crippen LogP contribution < -0.4 is 10.5 Å². The van der Waals surface area contributed by atoms with E-state index in [4.69, 9.17) is 20.7 Å². The average Bonchev–Trinajstić information content (AvgIpc) is 3.11. The quantitative estimate of drug-likeness (QED) is 0.469. The number of anilines is 1. The molecule has 3 N–H and O–H groups in total. The summed E-state index contributed by atoms with van der Waals surface area (Å²) >= 11 is 0. The molecule has 2 aromatic rings. The molecule has 1 unspecified atom stereocenters. The van der Waals surface area contributed by atoms with Gasteiger partial charge in [-0.2, -0.15) is 9.97 Å². The molecule has 3 rings (SSSR count). The second kappa shape index (κ2) is 5.64. The number of nitrogens with two attached hydrogens (primary N) is 1. The number of aliphatic hydroxyl groups is 1. The van der Waals surface area contributed by atoms with E-state index >= 15 is 0 Å². The molecule has 3 heterocycles. The number of hydrogen-bond acceptors (Lipinski definition) is 8. The van der Waals surface area contributed by atoms with Gasteiger partial charge >= 0.3 is 6.01 Å². The van der Waals surface area contributed by atoms with Crippen molar-refractivity contribution in [1.82, 2.24) is 19.5 Å². The van der Waals surface area contributed by atoms with Gasteiger partial charge in [-0.3, -0.25) is 4.57 Å². The summed E-state index contributed by atoms with van der Waals surface area (Å²) in [5.41, 5.74) is 15.3. The fourth-order valence-electron chi connectivity index (χ4n) is 2.46. The maximum absolute atomic E-state index is 9.32. The van der Waals surface area contributed by atoms with E-state index in [-0.39, 0.29) is 18.4 Å². The van der Waals surface area contributed by atoms with Crippen LogP contribution in [-0.2, 0) is 4.74 Å². The Bertz CT molecular complexity index is 740. The van der Waals surface area contributed by atoms with Crippen LogP contribution in [0.15, 0.2) is 11.4 Å². The molecule has 0 amide bonds. The maximum Gasteiger partial charge on any atom is 0.320 e. The summed E-state index contributed by atoms with van der Waals surface area (Å²) in [6.07, 6.45) is 0.871. The second-order valence-electron chi connectivity index (χ2n) is 4.74. The van der Waals surface area contributed by atoms with Crippen molar-refractivity contribution < 1.29 is 14.6 Å². The molecule has 0 aromatic carbocycles. The maximum atomic E-state index is 9.32. The molecule has 116 valence electrons. The summed E-state index contributed by atoms with van der Waals surface area (Å²) in [4.78, 5) is 15.1. The molecule has 1 fully saturated rings. The first-order valence-corrected chi connectivity index (χ1v) is 6.52. The van der Waals surface area contributed by atoms with Crippen LogP contribution in [-0.4, -0.2) is 50.5 Å². The predicted octanol–water partition coefficient (Wildman–Crippen LogP) is 0.376. The van der Waals surface area contributed by atoms with Gasteiger partial charge in [-0.15, -0.1) is 0 Å². The SMILES string of the molecule is COc1nc(N)c2ncn([C@H]3CC(N=[N+]=[N-])[C@@H](CO)O3)c2n1. The second-order valence-corrected chi connectivity index (χ2v) is 4.74. The van der Waals surface area contributed by atoms with Gasteiger partial charge in [0.25, 0.3) is 0 Å².